The fraction of sp³-hybridized carbons (Fsp3) is 0.440. The van der Waals surface area contributed by atoms with E-state index in [9.17, 15) is 22.4 Å². The Bertz CT molecular complexity index is 1090. The van der Waals surface area contributed by atoms with Gasteiger partial charge in [-0.3, -0.25) is 13.9 Å². The molecular weight excluding hydrogens is 457 g/mol. The number of benzene rings is 2. The molecule has 0 aliphatic carbocycles. The van der Waals surface area contributed by atoms with Crippen LogP contribution in [-0.4, -0.2) is 50.0 Å². The van der Waals surface area contributed by atoms with Crippen molar-refractivity contribution in [3.05, 3.63) is 65.5 Å². The van der Waals surface area contributed by atoms with Crippen molar-refractivity contribution < 1.29 is 22.4 Å². The number of carbonyl (C=O) groups excluding carboxylic acids is 2. The smallest absolute Gasteiger partial charge is 0.242 e. The number of hydrogen-bond donors (Lipinski definition) is 1. The molecule has 1 N–H and O–H groups in total. The zero-order chi connectivity index (χ0) is 25.5. The first kappa shape index (κ1) is 27.3. The van der Waals surface area contributed by atoms with Crippen molar-refractivity contribution in [2.24, 2.45) is 0 Å². The van der Waals surface area contributed by atoms with Gasteiger partial charge in [-0.15, -0.1) is 0 Å². The van der Waals surface area contributed by atoms with Crippen LogP contribution in [0, 0.1) is 12.7 Å². The summed E-state index contributed by atoms with van der Waals surface area (Å²) in [5.74, 6) is -1.20. The molecule has 0 spiro atoms. The molecule has 2 rings (SSSR count). The Kier molecular flexibility index (Phi) is 9.61. The Hall–Kier alpha value is -2.94. The predicted octanol–water partition coefficient (Wildman–Crippen LogP) is 3.62. The average molecular weight is 492 g/mol. The maximum atomic E-state index is 14.2. The Balaban J connectivity index is 2.17. The lowest BCUT2D eigenvalue weighted by Crippen LogP contribution is -2.49. The summed E-state index contributed by atoms with van der Waals surface area (Å²) in [6, 6.07) is 12.5. The molecule has 0 aliphatic heterocycles. The molecule has 34 heavy (non-hydrogen) atoms. The van der Waals surface area contributed by atoms with Crippen LogP contribution >= 0.6 is 0 Å². The molecule has 0 unspecified atom stereocenters. The Labute approximate surface area is 202 Å². The summed E-state index contributed by atoms with van der Waals surface area (Å²) in [7, 11) is -3.75. The molecule has 2 aromatic carbocycles. The summed E-state index contributed by atoms with van der Waals surface area (Å²) < 4.78 is 39.7. The fourth-order valence-corrected chi connectivity index (χ4v) is 4.48. The number of amides is 2. The first-order chi connectivity index (χ1) is 15.9. The van der Waals surface area contributed by atoms with Gasteiger partial charge in [0.25, 0.3) is 0 Å². The number of nitrogens with zero attached hydrogens (tertiary/aromatic N) is 2. The van der Waals surface area contributed by atoms with Crippen molar-refractivity contribution in [3.63, 3.8) is 0 Å². The summed E-state index contributed by atoms with van der Waals surface area (Å²) in [5.41, 5.74) is 1.91. The number of para-hydroxylation sites is 1. The van der Waals surface area contributed by atoms with Gasteiger partial charge in [-0.25, -0.2) is 12.8 Å². The first-order valence-electron chi connectivity index (χ1n) is 11.3. The highest BCUT2D eigenvalue weighted by Gasteiger charge is 2.27. The Morgan fingerprint density at radius 2 is 1.65 bits per heavy atom. The second-order valence-electron chi connectivity index (χ2n) is 8.74. The molecule has 0 saturated heterocycles. The van der Waals surface area contributed by atoms with Crippen molar-refractivity contribution in [1.29, 1.82) is 0 Å². The molecule has 0 fully saturated rings. The molecule has 186 valence electrons. The van der Waals surface area contributed by atoms with Crippen LogP contribution in [0.5, 0.6) is 0 Å². The third-order valence-electron chi connectivity index (χ3n) is 5.35. The second kappa shape index (κ2) is 12.0. The van der Waals surface area contributed by atoms with E-state index in [4.69, 9.17) is 0 Å². The third-order valence-corrected chi connectivity index (χ3v) is 6.53. The first-order valence-corrected chi connectivity index (χ1v) is 13.1. The molecule has 1 atom stereocenters. The third kappa shape index (κ3) is 7.83. The van der Waals surface area contributed by atoms with Crippen LogP contribution in [0.3, 0.4) is 0 Å². The van der Waals surface area contributed by atoms with Gasteiger partial charge in [-0.05, 0) is 51.8 Å². The van der Waals surface area contributed by atoms with E-state index in [-0.39, 0.29) is 49.5 Å². The van der Waals surface area contributed by atoms with Gasteiger partial charge in [0, 0.05) is 25.6 Å². The lowest BCUT2D eigenvalue weighted by molar-refractivity contribution is -0.140. The van der Waals surface area contributed by atoms with Crippen molar-refractivity contribution in [1.82, 2.24) is 10.2 Å². The normalized spacial score (nSPS) is 12.3. The number of aryl methyl sites for hydroxylation is 1. The van der Waals surface area contributed by atoms with Crippen LogP contribution in [0.25, 0.3) is 0 Å². The Morgan fingerprint density at radius 3 is 2.21 bits per heavy atom. The number of sulfonamides is 1. The molecule has 0 bridgehead atoms. The number of rotatable bonds is 11. The number of halogens is 1. The molecule has 2 aromatic rings. The molecule has 7 nitrogen and oxygen atoms in total. The van der Waals surface area contributed by atoms with Crippen LogP contribution in [0.15, 0.2) is 48.5 Å². The molecule has 0 radical (unpaired) electrons. The molecule has 0 heterocycles. The minimum absolute atomic E-state index is 0.00559. The number of carbonyl (C=O) groups is 2. The van der Waals surface area contributed by atoms with E-state index in [0.29, 0.717) is 0 Å². The number of nitrogens with one attached hydrogen (secondary N) is 1. The maximum Gasteiger partial charge on any atom is 0.242 e. The number of anilines is 1. The summed E-state index contributed by atoms with van der Waals surface area (Å²) in [6.07, 6.45) is 1.18. The van der Waals surface area contributed by atoms with E-state index in [2.05, 4.69) is 5.32 Å². The molecule has 2 amide bonds. The van der Waals surface area contributed by atoms with Crippen LogP contribution in [-0.2, 0) is 26.2 Å². The van der Waals surface area contributed by atoms with Crippen LogP contribution < -0.4 is 9.62 Å². The topological polar surface area (TPSA) is 86.8 Å². The number of hydrogen-bond acceptors (Lipinski definition) is 4. The van der Waals surface area contributed by atoms with Crippen molar-refractivity contribution in [2.75, 3.05) is 17.1 Å². The van der Waals surface area contributed by atoms with Gasteiger partial charge in [0.15, 0.2) is 0 Å². The maximum absolute atomic E-state index is 14.2. The summed E-state index contributed by atoms with van der Waals surface area (Å²) in [4.78, 5) is 27.3. The molecule has 0 saturated carbocycles. The fourth-order valence-electron chi connectivity index (χ4n) is 3.51. The van der Waals surface area contributed by atoms with Gasteiger partial charge in [-0.1, -0.05) is 42.0 Å². The summed E-state index contributed by atoms with van der Waals surface area (Å²) >= 11 is 0. The van der Waals surface area contributed by atoms with E-state index >= 15 is 0 Å². The minimum atomic E-state index is -3.75. The van der Waals surface area contributed by atoms with E-state index in [1.54, 1.807) is 13.0 Å². The van der Waals surface area contributed by atoms with Crippen molar-refractivity contribution in [3.8, 4) is 0 Å². The molecule has 9 heteroatoms. The zero-order valence-electron chi connectivity index (χ0n) is 20.4. The summed E-state index contributed by atoms with van der Waals surface area (Å²) in [6.45, 7) is 7.52. The second-order valence-corrected chi connectivity index (χ2v) is 10.6. The van der Waals surface area contributed by atoms with E-state index in [0.717, 1.165) is 21.7 Å². The molecule has 0 aliphatic rings. The highest BCUT2D eigenvalue weighted by molar-refractivity contribution is 7.92. The van der Waals surface area contributed by atoms with Gasteiger partial charge in [0.2, 0.25) is 21.8 Å². The van der Waals surface area contributed by atoms with Crippen LogP contribution in [0.1, 0.15) is 44.7 Å². The van der Waals surface area contributed by atoms with E-state index in [1.807, 2.05) is 45.0 Å². The zero-order valence-corrected chi connectivity index (χ0v) is 21.2. The lowest BCUT2D eigenvalue weighted by Gasteiger charge is -2.30. The summed E-state index contributed by atoms with van der Waals surface area (Å²) in [5, 5.41) is 2.83. The van der Waals surface area contributed by atoms with E-state index < -0.39 is 21.9 Å². The predicted molar refractivity (Wildman–Crippen MR) is 132 cm³/mol. The van der Waals surface area contributed by atoms with Crippen molar-refractivity contribution in [2.45, 2.75) is 59.2 Å². The van der Waals surface area contributed by atoms with Crippen LogP contribution in [0.4, 0.5) is 10.1 Å². The minimum Gasteiger partial charge on any atom is -0.352 e. The monoisotopic (exact) mass is 491 g/mol. The SMILES string of the molecule is Cc1ccc(CN(C(=O)CCCN(c2ccccc2F)S(C)(=O)=O)[C@@H](C)C(=O)NC(C)C)cc1. The van der Waals surface area contributed by atoms with Gasteiger partial charge in [0.05, 0.1) is 11.9 Å². The standard InChI is InChI=1S/C25H34FN3O4S/c1-18(2)27-25(31)20(4)28(17-21-14-12-19(3)13-15-21)24(30)11-8-16-29(34(5,32)33)23-10-7-6-9-22(23)26/h6-7,9-10,12-15,18,20H,8,11,16-17H2,1-5H3,(H,27,31)/t20-/m0/s1. The highest BCUT2D eigenvalue weighted by atomic mass is 32.2. The largest absolute Gasteiger partial charge is 0.352 e. The molecule has 0 aromatic heterocycles. The van der Waals surface area contributed by atoms with Gasteiger partial charge >= 0.3 is 0 Å². The highest BCUT2D eigenvalue weighted by Crippen LogP contribution is 2.22. The quantitative estimate of drug-likeness (QED) is 0.520. The Morgan fingerprint density at radius 1 is 1.03 bits per heavy atom. The molecular formula is C25H34FN3O4S. The van der Waals surface area contributed by atoms with E-state index in [1.165, 1.54) is 23.1 Å². The van der Waals surface area contributed by atoms with Gasteiger partial charge in [0.1, 0.15) is 11.9 Å². The van der Waals surface area contributed by atoms with Gasteiger partial charge < -0.3 is 10.2 Å². The lowest BCUT2D eigenvalue weighted by atomic mass is 10.1. The van der Waals surface area contributed by atoms with Crippen LogP contribution in [0.2, 0.25) is 0 Å². The van der Waals surface area contributed by atoms with Crippen molar-refractivity contribution >= 4 is 27.5 Å². The average Bonchev–Trinajstić information content (AvgIpc) is 2.75. The van der Waals surface area contributed by atoms with Gasteiger partial charge in [-0.2, -0.15) is 0 Å².